The highest BCUT2D eigenvalue weighted by Gasteiger charge is 2.27. The van der Waals surface area contributed by atoms with Gasteiger partial charge in [-0.3, -0.25) is 0 Å². The predicted octanol–water partition coefficient (Wildman–Crippen LogP) is 4.30. The quantitative estimate of drug-likeness (QED) is 0.837. The highest BCUT2D eigenvalue weighted by Crippen LogP contribution is 2.35. The number of ether oxygens (including phenoxy) is 1. The van der Waals surface area contributed by atoms with Crippen LogP contribution in [0.15, 0.2) is 16.6 Å². The highest BCUT2D eigenvalue weighted by atomic mass is 79.9. The van der Waals surface area contributed by atoms with Crippen molar-refractivity contribution in [2.45, 2.75) is 33.3 Å². The van der Waals surface area contributed by atoms with Crippen molar-refractivity contribution >= 4 is 22.0 Å². The molecular formula is C13H16BrF2NO2. The minimum absolute atomic E-state index is 0.0190. The summed E-state index contributed by atoms with van der Waals surface area (Å²) in [5.74, 6) is -1.27. The van der Waals surface area contributed by atoms with Crippen LogP contribution in [0.5, 0.6) is 0 Å². The second kappa shape index (κ2) is 5.86. The SMILES string of the molecule is CC(C)(C)C[C@@H](OC(N)=O)c1cc(F)cc(Br)c1F. The highest BCUT2D eigenvalue weighted by molar-refractivity contribution is 9.10. The molecule has 0 unspecified atom stereocenters. The van der Waals surface area contributed by atoms with Crippen LogP contribution in [0.3, 0.4) is 0 Å². The van der Waals surface area contributed by atoms with Gasteiger partial charge in [0.2, 0.25) is 0 Å². The van der Waals surface area contributed by atoms with Crippen LogP contribution in [-0.2, 0) is 4.74 Å². The van der Waals surface area contributed by atoms with E-state index in [9.17, 15) is 13.6 Å². The molecule has 0 heterocycles. The molecule has 0 saturated heterocycles. The van der Waals surface area contributed by atoms with E-state index in [1.807, 2.05) is 20.8 Å². The van der Waals surface area contributed by atoms with Crippen LogP contribution in [0, 0.1) is 17.0 Å². The topological polar surface area (TPSA) is 52.3 Å². The van der Waals surface area contributed by atoms with Crippen LogP contribution in [0.4, 0.5) is 13.6 Å². The minimum Gasteiger partial charge on any atom is -0.441 e. The Kier molecular flexibility index (Phi) is 4.90. The zero-order valence-electron chi connectivity index (χ0n) is 11.0. The van der Waals surface area contributed by atoms with E-state index in [-0.39, 0.29) is 15.5 Å². The Balaban J connectivity index is 3.20. The van der Waals surface area contributed by atoms with Gasteiger partial charge in [0.25, 0.3) is 0 Å². The van der Waals surface area contributed by atoms with Crippen molar-refractivity contribution in [2.75, 3.05) is 0 Å². The molecular weight excluding hydrogens is 320 g/mol. The number of nitrogens with two attached hydrogens (primary N) is 1. The lowest BCUT2D eigenvalue weighted by Crippen LogP contribution is -2.22. The first-order valence-electron chi connectivity index (χ1n) is 5.70. The van der Waals surface area contributed by atoms with E-state index in [0.717, 1.165) is 12.1 Å². The van der Waals surface area contributed by atoms with Gasteiger partial charge in [0, 0.05) is 5.56 Å². The van der Waals surface area contributed by atoms with Crippen molar-refractivity contribution < 1.29 is 18.3 Å². The summed E-state index contributed by atoms with van der Waals surface area (Å²) in [6, 6.07) is 2.02. The monoisotopic (exact) mass is 335 g/mol. The zero-order chi connectivity index (χ0) is 14.8. The van der Waals surface area contributed by atoms with Gasteiger partial charge in [0.05, 0.1) is 4.47 Å². The first-order valence-corrected chi connectivity index (χ1v) is 6.50. The molecule has 1 atom stereocenters. The Bertz CT molecular complexity index is 486. The summed E-state index contributed by atoms with van der Waals surface area (Å²) >= 11 is 2.92. The summed E-state index contributed by atoms with van der Waals surface area (Å²) in [6.07, 6.45) is -1.62. The van der Waals surface area contributed by atoms with E-state index in [1.165, 1.54) is 0 Å². The van der Waals surface area contributed by atoms with Crippen molar-refractivity contribution in [3.05, 3.63) is 33.8 Å². The van der Waals surface area contributed by atoms with Crippen molar-refractivity contribution in [3.63, 3.8) is 0 Å². The fourth-order valence-corrected chi connectivity index (χ4v) is 2.17. The van der Waals surface area contributed by atoms with E-state index in [4.69, 9.17) is 10.5 Å². The van der Waals surface area contributed by atoms with E-state index >= 15 is 0 Å². The first-order chi connectivity index (χ1) is 8.60. The molecule has 0 fully saturated rings. The van der Waals surface area contributed by atoms with Gasteiger partial charge in [0.15, 0.2) is 0 Å². The molecule has 6 heteroatoms. The van der Waals surface area contributed by atoms with Crippen LogP contribution in [0.2, 0.25) is 0 Å². The summed E-state index contributed by atoms with van der Waals surface area (Å²) in [4.78, 5) is 10.9. The molecule has 1 rings (SSSR count). The van der Waals surface area contributed by atoms with E-state index in [1.54, 1.807) is 0 Å². The Morgan fingerprint density at radius 2 is 2.00 bits per heavy atom. The van der Waals surface area contributed by atoms with Crippen LogP contribution in [-0.4, -0.2) is 6.09 Å². The third kappa shape index (κ3) is 4.78. The number of amides is 1. The molecule has 0 spiro atoms. The molecule has 0 aliphatic heterocycles. The van der Waals surface area contributed by atoms with Crippen LogP contribution in [0.25, 0.3) is 0 Å². The Labute approximate surface area is 119 Å². The Morgan fingerprint density at radius 3 is 2.47 bits per heavy atom. The zero-order valence-corrected chi connectivity index (χ0v) is 12.6. The number of primary amides is 1. The number of halogens is 3. The van der Waals surface area contributed by atoms with Crippen molar-refractivity contribution in [3.8, 4) is 0 Å². The summed E-state index contributed by atoms with van der Waals surface area (Å²) in [5.41, 5.74) is 4.71. The molecule has 0 aliphatic rings. The lowest BCUT2D eigenvalue weighted by molar-refractivity contribution is 0.0765. The van der Waals surface area contributed by atoms with Crippen molar-refractivity contribution in [1.82, 2.24) is 0 Å². The molecule has 0 radical (unpaired) electrons. The number of hydrogen-bond acceptors (Lipinski definition) is 2. The summed E-state index contributed by atoms with van der Waals surface area (Å²) in [6.45, 7) is 5.70. The average molecular weight is 336 g/mol. The van der Waals surface area contributed by atoms with Gasteiger partial charge in [0.1, 0.15) is 17.7 Å². The fraction of sp³-hybridized carbons (Fsp3) is 0.462. The standard InChI is InChI=1S/C13H16BrF2NO2/c1-13(2,3)6-10(19-12(17)18)8-4-7(15)5-9(14)11(8)16/h4-5,10H,6H2,1-3H3,(H2,17,18)/t10-/m1/s1. The van der Waals surface area contributed by atoms with Crippen LogP contribution in [0.1, 0.15) is 38.9 Å². The number of hydrogen-bond donors (Lipinski definition) is 1. The van der Waals surface area contributed by atoms with Gasteiger partial charge in [-0.15, -0.1) is 0 Å². The van der Waals surface area contributed by atoms with Crippen LogP contribution < -0.4 is 5.73 Å². The lowest BCUT2D eigenvalue weighted by Gasteiger charge is -2.26. The molecule has 0 aromatic heterocycles. The second-order valence-corrected chi connectivity index (χ2v) is 6.34. The van der Waals surface area contributed by atoms with Gasteiger partial charge in [-0.2, -0.15) is 0 Å². The number of carbonyl (C=O) groups is 1. The van der Waals surface area contributed by atoms with Gasteiger partial charge >= 0.3 is 6.09 Å². The fourth-order valence-electron chi connectivity index (χ4n) is 1.72. The molecule has 1 aromatic rings. The summed E-state index contributed by atoms with van der Waals surface area (Å²) in [7, 11) is 0. The maximum absolute atomic E-state index is 14.0. The third-order valence-corrected chi connectivity index (χ3v) is 3.00. The maximum Gasteiger partial charge on any atom is 0.405 e. The van der Waals surface area contributed by atoms with Crippen LogP contribution >= 0.6 is 15.9 Å². The molecule has 1 amide bonds. The van der Waals surface area contributed by atoms with Crippen molar-refractivity contribution in [2.24, 2.45) is 11.1 Å². The lowest BCUT2D eigenvalue weighted by atomic mass is 9.86. The van der Waals surface area contributed by atoms with E-state index < -0.39 is 23.8 Å². The predicted molar refractivity (Wildman–Crippen MR) is 71.5 cm³/mol. The van der Waals surface area contributed by atoms with Gasteiger partial charge in [-0.25, -0.2) is 13.6 Å². The number of carbonyl (C=O) groups excluding carboxylic acids is 1. The number of rotatable bonds is 3. The van der Waals surface area contributed by atoms with Gasteiger partial charge < -0.3 is 10.5 Å². The molecule has 0 bridgehead atoms. The Hall–Kier alpha value is -1.17. The summed E-state index contributed by atoms with van der Waals surface area (Å²) in [5, 5.41) is 0. The smallest absolute Gasteiger partial charge is 0.405 e. The largest absolute Gasteiger partial charge is 0.441 e. The molecule has 1 aromatic carbocycles. The molecule has 106 valence electrons. The maximum atomic E-state index is 14.0. The van der Waals surface area contributed by atoms with Gasteiger partial charge in [-0.1, -0.05) is 20.8 Å². The molecule has 3 nitrogen and oxygen atoms in total. The molecule has 2 N–H and O–H groups in total. The normalized spacial score (nSPS) is 13.2. The minimum atomic E-state index is -1.02. The molecule has 0 aliphatic carbocycles. The van der Waals surface area contributed by atoms with Gasteiger partial charge in [-0.05, 0) is 39.9 Å². The van der Waals surface area contributed by atoms with E-state index in [0.29, 0.717) is 6.42 Å². The second-order valence-electron chi connectivity index (χ2n) is 5.48. The molecule has 0 saturated carbocycles. The summed E-state index contributed by atoms with van der Waals surface area (Å²) < 4.78 is 32.3. The number of benzene rings is 1. The van der Waals surface area contributed by atoms with Crippen molar-refractivity contribution in [1.29, 1.82) is 0 Å². The molecule has 19 heavy (non-hydrogen) atoms. The third-order valence-electron chi connectivity index (χ3n) is 2.42. The first kappa shape index (κ1) is 15.9. The average Bonchev–Trinajstić information content (AvgIpc) is 2.19. The van der Waals surface area contributed by atoms with E-state index in [2.05, 4.69) is 15.9 Å². The Morgan fingerprint density at radius 1 is 1.42 bits per heavy atom.